The molecule has 76 valence electrons. The predicted octanol–water partition coefficient (Wildman–Crippen LogP) is 2.81. The highest BCUT2D eigenvalue weighted by Gasteiger charge is 2.32. The van der Waals surface area contributed by atoms with Gasteiger partial charge in [0.25, 0.3) is 0 Å². The van der Waals surface area contributed by atoms with E-state index in [1.54, 1.807) is 35.2 Å². The molecule has 3 rings (SSSR count). The minimum Gasteiger partial charge on any atom is -0.237 e. The summed E-state index contributed by atoms with van der Waals surface area (Å²) in [7, 11) is -1.55. The third kappa shape index (κ3) is 1.35. The van der Waals surface area contributed by atoms with Gasteiger partial charge >= 0.3 is 0 Å². The fraction of sp³-hybridized carbons (Fsp3) is 0. The van der Waals surface area contributed by atoms with E-state index in [1.807, 2.05) is 21.8 Å². The van der Waals surface area contributed by atoms with E-state index in [1.165, 1.54) is 0 Å². The quantitative estimate of drug-likeness (QED) is 0.827. The number of thiazole rings is 2. The van der Waals surface area contributed by atoms with Crippen LogP contribution < -0.4 is 0 Å². The fourth-order valence-electron chi connectivity index (χ4n) is 1.25. The standard InChI is InChI=1S/C8H6N4S3/c1-2-14-8(10-1)15(6-9-4-12-15)7-3-13-5-11-7/h1-6H. The van der Waals surface area contributed by atoms with Gasteiger partial charge in [0.15, 0.2) is 4.34 Å². The van der Waals surface area contributed by atoms with Crippen LogP contribution in [0, 0.1) is 0 Å². The smallest absolute Gasteiger partial charge is 0.162 e. The largest absolute Gasteiger partial charge is 0.237 e. The van der Waals surface area contributed by atoms with E-state index >= 15 is 0 Å². The van der Waals surface area contributed by atoms with Crippen LogP contribution in [-0.2, 0) is 0 Å². The first kappa shape index (κ1) is 9.20. The van der Waals surface area contributed by atoms with Crippen LogP contribution in [0.4, 0.5) is 0 Å². The Hall–Kier alpha value is -1.05. The van der Waals surface area contributed by atoms with Crippen molar-refractivity contribution in [1.82, 2.24) is 9.97 Å². The SMILES string of the molecule is C1=NC=NS1(c1cscn1)c1nccs1. The van der Waals surface area contributed by atoms with Crippen molar-refractivity contribution in [2.75, 3.05) is 0 Å². The van der Waals surface area contributed by atoms with E-state index in [0.717, 1.165) is 9.37 Å². The molecule has 0 saturated heterocycles. The summed E-state index contributed by atoms with van der Waals surface area (Å²) in [6.45, 7) is 0. The molecule has 1 aliphatic rings. The molecule has 0 N–H and O–H groups in total. The zero-order valence-electron chi connectivity index (χ0n) is 7.48. The van der Waals surface area contributed by atoms with Gasteiger partial charge < -0.3 is 0 Å². The van der Waals surface area contributed by atoms with E-state index in [-0.39, 0.29) is 0 Å². The van der Waals surface area contributed by atoms with Gasteiger partial charge in [-0.15, -0.1) is 22.7 Å². The van der Waals surface area contributed by atoms with Gasteiger partial charge in [-0.05, 0) is 10.2 Å². The highest BCUT2D eigenvalue weighted by Crippen LogP contribution is 2.63. The highest BCUT2D eigenvalue weighted by atomic mass is 32.3. The average Bonchev–Trinajstić information content (AvgIpc) is 3.02. The Morgan fingerprint density at radius 1 is 1.27 bits per heavy atom. The summed E-state index contributed by atoms with van der Waals surface area (Å²) < 4.78 is 5.47. The Morgan fingerprint density at radius 3 is 2.87 bits per heavy atom. The van der Waals surface area contributed by atoms with Crippen molar-refractivity contribution in [3.8, 4) is 0 Å². The van der Waals surface area contributed by atoms with Crippen LogP contribution in [0.5, 0.6) is 0 Å². The van der Waals surface area contributed by atoms with Crippen molar-refractivity contribution >= 4 is 44.8 Å². The lowest BCUT2D eigenvalue weighted by Crippen LogP contribution is -1.97. The lowest BCUT2D eigenvalue weighted by atomic mass is 11.0. The Bertz CT molecular complexity index is 452. The number of aliphatic imine (C=N–C) groups is 1. The van der Waals surface area contributed by atoms with Crippen molar-refractivity contribution < 1.29 is 0 Å². The number of hydrogen-bond acceptors (Lipinski definition) is 6. The van der Waals surface area contributed by atoms with Crippen LogP contribution in [0.2, 0.25) is 0 Å². The monoisotopic (exact) mass is 254 g/mol. The van der Waals surface area contributed by atoms with Crippen LogP contribution in [-0.4, -0.2) is 21.9 Å². The molecule has 0 saturated carbocycles. The summed E-state index contributed by atoms with van der Waals surface area (Å²) in [4.78, 5) is 12.8. The maximum absolute atomic E-state index is 4.48. The first-order chi connectivity index (χ1) is 7.42. The van der Waals surface area contributed by atoms with Crippen molar-refractivity contribution in [3.63, 3.8) is 0 Å². The van der Waals surface area contributed by atoms with Crippen LogP contribution in [0.3, 0.4) is 0 Å². The van der Waals surface area contributed by atoms with Crippen LogP contribution in [0.15, 0.2) is 41.2 Å². The predicted molar refractivity (Wildman–Crippen MR) is 65.3 cm³/mol. The van der Waals surface area contributed by atoms with Gasteiger partial charge in [0, 0.05) is 17.0 Å². The molecular formula is C8H6N4S3. The summed E-state index contributed by atoms with van der Waals surface area (Å²) in [5.41, 5.74) is 3.69. The first-order valence-electron chi connectivity index (χ1n) is 4.10. The number of rotatable bonds is 2. The molecule has 2 aromatic rings. The van der Waals surface area contributed by atoms with Gasteiger partial charge in [-0.3, -0.25) is 0 Å². The Kier molecular flexibility index (Phi) is 2.15. The molecule has 0 aromatic carbocycles. The minimum absolute atomic E-state index is 0.972. The first-order valence-corrected chi connectivity index (χ1v) is 7.57. The number of hydrogen-bond donors (Lipinski definition) is 0. The maximum atomic E-state index is 4.48. The zero-order chi connectivity index (χ0) is 10.1. The van der Waals surface area contributed by atoms with E-state index in [0.29, 0.717) is 0 Å². The molecule has 0 radical (unpaired) electrons. The molecule has 1 aliphatic heterocycles. The maximum Gasteiger partial charge on any atom is 0.162 e. The minimum atomic E-state index is -1.55. The zero-order valence-corrected chi connectivity index (χ0v) is 9.93. The average molecular weight is 254 g/mol. The third-order valence-electron chi connectivity index (χ3n) is 1.90. The second-order valence-corrected chi connectivity index (χ2v) is 7.08. The Labute approximate surface area is 95.9 Å². The molecule has 2 aromatic heterocycles. The molecule has 0 fully saturated rings. The lowest BCUT2D eigenvalue weighted by molar-refractivity contribution is 1.16. The summed E-state index contributed by atoms with van der Waals surface area (Å²) >= 11 is 3.18. The normalized spacial score (nSPS) is 28.0. The number of aromatic nitrogens is 2. The molecule has 0 bridgehead atoms. The van der Waals surface area contributed by atoms with Crippen molar-refractivity contribution in [2.24, 2.45) is 9.39 Å². The molecule has 3 heterocycles. The number of nitrogens with zero attached hydrogens (tertiary/aromatic N) is 4. The second-order valence-electron chi connectivity index (χ2n) is 2.73. The third-order valence-corrected chi connectivity index (χ3v) is 6.60. The van der Waals surface area contributed by atoms with Crippen LogP contribution in [0.1, 0.15) is 0 Å². The summed E-state index contributed by atoms with van der Waals surface area (Å²) in [5, 5.41) is 4.95. The molecule has 0 amide bonds. The topological polar surface area (TPSA) is 50.5 Å². The van der Waals surface area contributed by atoms with E-state index in [2.05, 4.69) is 19.4 Å². The van der Waals surface area contributed by atoms with Gasteiger partial charge in [0.05, 0.1) is 11.1 Å². The van der Waals surface area contributed by atoms with Gasteiger partial charge in [0.1, 0.15) is 11.4 Å². The van der Waals surface area contributed by atoms with Crippen molar-refractivity contribution in [2.45, 2.75) is 9.37 Å². The molecule has 4 nitrogen and oxygen atoms in total. The molecule has 1 atom stereocenters. The molecule has 0 spiro atoms. The van der Waals surface area contributed by atoms with Crippen LogP contribution >= 0.6 is 32.9 Å². The fourth-order valence-corrected chi connectivity index (χ4v) is 5.61. The molecular weight excluding hydrogens is 248 g/mol. The van der Waals surface area contributed by atoms with E-state index in [4.69, 9.17) is 0 Å². The summed E-state index contributed by atoms with van der Waals surface area (Å²) in [6, 6.07) is 0. The van der Waals surface area contributed by atoms with Crippen LogP contribution in [0.25, 0.3) is 0 Å². The van der Waals surface area contributed by atoms with E-state index < -0.39 is 10.2 Å². The second kappa shape index (κ2) is 3.51. The van der Waals surface area contributed by atoms with Gasteiger partial charge in [-0.1, -0.05) is 0 Å². The van der Waals surface area contributed by atoms with Gasteiger partial charge in [-0.2, -0.15) is 0 Å². The highest BCUT2D eigenvalue weighted by molar-refractivity contribution is 8.44. The summed E-state index contributed by atoms with van der Waals surface area (Å²) in [5.74, 6) is 0. The molecule has 1 unspecified atom stereocenters. The Morgan fingerprint density at radius 2 is 2.27 bits per heavy atom. The Balaban J connectivity index is 2.20. The van der Waals surface area contributed by atoms with E-state index in [9.17, 15) is 0 Å². The molecule has 7 heteroatoms. The van der Waals surface area contributed by atoms with Gasteiger partial charge in [0.2, 0.25) is 0 Å². The summed E-state index contributed by atoms with van der Waals surface area (Å²) in [6.07, 6.45) is 3.39. The van der Waals surface area contributed by atoms with Gasteiger partial charge in [-0.25, -0.2) is 19.4 Å². The lowest BCUT2D eigenvalue weighted by Gasteiger charge is -2.22. The molecule has 0 aliphatic carbocycles. The van der Waals surface area contributed by atoms with Crippen molar-refractivity contribution in [3.05, 3.63) is 22.5 Å². The van der Waals surface area contributed by atoms with Crippen molar-refractivity contribution in [1.29, 1.82) is 0 Å². The molecule has 15 heavy (non-hydrogen) atoms.